The van der Waals surface area contributed by atoms with E-state index in [1.165, 1.54) is 0 Å². The highest BCUT2D eigenvalue weighted by Crippen LogP contribution is 2.36. The van der Waals surface area contributed by atoms with Crippen LogP contribution in [-0.4, -0.2) is 28.3 Å². The van der Waals surface area contributed by atoms with E-state index in [9.17, 15) is 19.2 Å². The molecule has 0 N–H and O–H groups in total. The highest BCUT2D eigenvalue weighted by Gasteiger charge is 2.38. The van der Waals surface area contributed by atoms with E-state index in [-0.39, 0.29) is 54.2 Å². The van der Waals surface area contributed by atoms with Gasteiger partial charge in [0.1, 0.15) is 11.7 Å². The fourth-order valence-corrected chi connectivity index (χ4v) is 3.64. The van der Waals surface area contributed by atoms with Crippen LogP contribution in [0.3, 0.4) is 0 Å². The first-order valence-corrected chi connectivity index (χ1v) is 8.37. The first-order chi connectivity index (χ1) is 11.3. The fourth-order valence-electron chi connectivity index (χ4n) is 3.64. The molecule has 0 aromatic carbocycles. The van der Waals surface area contributed by atoms with Crippen LogP contribution in [0.5, 0.6) is 0 Å². The minimum absolute atomic E-state index is 0.0187. The monoisotopic (exact) mass is 331 g/mol. The number of rotatable bonds is 4. The predicted molar refractivity (Wildman–Crippen MR) is 83.6 cm³/mol. The number of Topliss-reactive ketones (excluding diaryl/α,β-unsaturated/α-hetero) is 4. The van der Waals surface area contributed by atoms with Crippen LogP contribution in [0.1, 0.15) is 67.8 Å². The number of hydrogen-bond acceptors (Lipinski definition) is 6. The number of nitrogens with zero attached hydrogens (tertiary/aromatic N) is 1. The second-order valence-corrected chi connectivity index (χ2v) is 7.55. The number of aromatic nitrogens is 1. The fraction of sp³-hybridized carbons (Fsp3) is 0.611. The van der Waals surface area contributed by atoms with Gasteiger partial charge < -0.3 is 4.52 Å². The number of carbonyl (C=O) groups excluding carboxylic acids is 4. The molecular formula is C18H21NO5. The lowest BCUT2D eigenvalue weighted by molar-refractivity contribution is -0.142. The summed E-state index contributed by atoms with van der Waals surface area (Å²) in [4.78, 5) is 48.3. The lowest BCUT2D eigenvalue weighted by atomic mass is 9.75. The van der Waals surface area contributed by atoms with Crippen molar-refractivity contribution >= 4 is 23.1 Å². The van der Waals surface area contributed by atoms with E-state index in [0.29, 0.717) is 36.3 Å². The van der Waals surface area contributed by atoms with Crippen LogP contribution in [0.2, 0.25) is 0 Å². The number of aryl methyl sites for hydroxylation is 1. The van der Waals surface area contributed by atoms with Gasteiger partial charge in [0, 0.05) is 38.5 Å². The zero-order valence-corrected chi connectivity index (χ0v) is 14.0. The third-order valence-electron chi connectivity index (χ3n) is 4.81. The molecule has 6 heteroatoms. The van der Waals surface area contributed by atoms with Gasteiger partial charge in [-0.25, -0.2) is 0 Å². The maximum atomic E-state index is 12.3. The molecule has 0 aliphatic heterocycles. The van der Waals surface area contributed by atoms with Crippen molar-refractivity contribution in [3.05, 3.63) is 17.0 Å². The molecule has 0 saturated heterocycles. The van der Waals surface area contributed by atoms with Crippen molar-refractivity contribution in [3.63, 3.8) is 0 Å². The van der Waals surface area contributed by atoms with Crippen molar-refractivity contribution in [1.82, 2.24) is 5.16 Å². The van der Waals surface area contributed by atoms with E-state index < -0.39 is 5.92 Å². The van der Waals surface area contributed by atoms with Gasteiger partial charge in [0.15, 0.2) is 23.1 Å². The number of fused-ring (bicyclic) bond motifs is 1. The van der Waals surface area contributed by atoms with Gasteiger partial charge in [0.25, 0.3) is 0 Å². The molecule has 2 aliphatic carbocycles. The molecule has 6 nitrogen and oxygen atoms in total. The summed E-state index contributed by atoms with van der Waals surface area (Å²) in [5.41, 5.74) is 0.801. The Labute approximate surface area is 140 Å². The maximum absolute atomic E-state index is 12.3. The second kappa shape index (κ2) is 6.07. The quantitative estimate of drug-likeness (QED) is 0.786. The molecule has 0 radical (unpaired) electrons. The Kier molecular flexibility index (Phi) is 4.24. The molecule has 0 bridgehead atoms. The van der Waals surface area contributed by atoms with Crippen LogP contribution in [-0.2, 0) is 27.2 Å². The normalized spacial score (nSPS) is 21.0. The van der Waals surface area contributed by atoms with Crippen molar-refractivity contribution in [3.8, 4) is 0 Å². The Morgan fingerprint density at radius 1 is 1.17 bits per heavy atom. The lowest BCUT2D eigenvalue weighted by Gasteiger charge is -2.26. The molecule has 1 fully saturated rings. The first kappa shape index (κ1) is 16.7. The highest BCUT2D eigenvalue weighted by molar-refractivity contribution is 6.20. The summed E-state index contributed by atoms with van der Waals surface area (Å²) in [6.07, 6.45) is 2.40. The summed E-state index contributed by atoms with van der Waals surface area (Å²) in [6, 6.07) is 0. The Morgan fingerprint density at radius 3 is 2.50 bits per heavy atom. The predicted octanol–water partition coefficient (Wildman–Crippen LogP) is 2.27. The van der Waals surface area contributed by atoms with Crippen LogP contribution >= 0.6 is 0 Å². The van der Waals surface area contributed by atoms with Gasteiger partial charge in [-0.1, -0.05) is 19.0 Å². The molecule has 128 valence electrons. The van der Waals surface area contributed by atoms with Gasteiger partial charge in [-0.05, 0) is 11.8 Å². The molecule has 1 aromatic rings. The van der Waals surface area contributed by atoms with Crippen molar-refractivity contribution in [2.75, 3.05) is 0 Å². The van der Waals surface area contributed by atoms with Gasteiger partial charge in [-0.2, -0.15) is 0 Å². The molecule has 24 heavy (non-hydrogen) atoms. The van der Waals surface area contributed by atoms with Crippen molar-refractivity contribution in [2.24, 2.45) is 11.3 Å². The van der Waals surface area contributed by atoms with Crippen LogP contribution in [0, 0.1) is 11.3 Å². The van der Waals surface area contributed by atoms with Crippen LogP contribution in [0.4, 0.5) is 0 Å². The van der Waals surface area contributed by atoms with E-state index in [1.54, 1.807) is 0 Å². The lowest BCUT2D eigenvalue weighted by Crippen LogP contribution is -2.35. The van der Waals surface area contributed by atoms with E-state index >= 15 is 0 Å². The molecule has 1 saturated carbocycles. The Hall–Kier alpha value is -2.11. The first-order valence-electron chi connectivity index (χ1n) is 8.37. The Bertz CT molecular complexity index is 712. The number of hydrogen-bond donors (Lipinski definition) is 0. The molecular weight excluding hydrogens is 310 g/mol. The molecule has 0 atom stereocenters. The summed E-state index contributed by atoms with van der Waals surface area (Å²) in [5.74, 6) is -1.49. The molecule has 0 amide bonds. The van der Waals surface area contributed by atoms with Gasteiger partial charge >= 0.3 is 0 Å². The van der Waals surface area contributed by atoms with E-state index in [1.807, 2.05) is 13.8 Å². The van der Waals surface area contributed by atoms with E-state index in [2.05, 4.69) is 5.16 Å². The van der Waals surface area contributed by atoms with Crippen molar-refractivity contribution < 1.29 is 23.7 Å². The topological polar surface area (TPSA) is 94.3 Å². The average molecular weight is 331 g/mol. The Balaban J connectivity index is 1.71. The third kappa shape index (κ3) is 3.09. The average Bonchev–Trinajstić information content (AvgIpc) is 2.86. The van der Waals surface area contributed by atoms with Crippen molar-refractivity contribution in [2.45, 2.75) is 58.8 Å². The van der Waals surface area contributed by atoms with Crippen LogP contribution < -0.4 is 0 Å². The van der Waals surface area contributed by atoms with Crippen LogP contribution in [0.25, 0.3) is 0 Å². The highest BCUT2D eigenvalue weighted by atomic mass is 16.5. The molecule has 1 aromatic heterocycles. The Morgan fingerprint density at radius 2 is 1.83 bits per heavy atom. The number of carbonyl (C=O) groups is 4. The molecule has 3 rings (SSSR count). The summed E-state index contributed by atoms with van der Waals surface area (Å²) in [5, 5.41) is 3.95. The number of ketones is 4. The molecule has 1 heterocycles. The summed E-state index contributed by atoms with van der Waals surface area (Å²) in [7, 11) is 0. The summed E-state index contributed by atoms with van der Waals surface area (Å²) in [6.45, 7) is 4.00. The minimum atomic E-state index is -1.11. The van der Waals surface area contributed by atoms with Gasteiger partial charge in [-0.3, -0.25) is 19.2 Å². The van der Waals surface area contributed by atoms with Crippen LogP contribution in [0.15, 0.2) is 4.52 Å². The van der Waals surface area contributed by atoms with Crippen molar-refractivity contribution in [1.29, 1.82) is 0 Å². The third-order valence-corrected chi connectivity index (χ3v) is 4.81. The standard InChI is InChI=1S/C18H21NO5/c1-18(2)8-14(23)16-10(19-24-15(16)9-18)6-7-13(22)17-11(20)4-3-5-12(17)21/h17H,3-9H2,1-2H3. The second-order valence-electron chi connectivity index (χ2n) is 7.55. The van der Waals surface area contributed by atoms with Gasteiger partial charge in [-0.15, -0.1) is 0 Å². The smallest absolute Gasteiger partial charge is 0.168 e. The maximum Gasteiger partial charge on any atom is 0.168 e. The molecule has 0 unspecified atom stereocenters. The summed E-state index contributed by atoms with van der Waals surface area (Å²) >= 11 is 0. The molecule has 0 spiro atoms. The van der Waals surface area contributed by atoms with Gasteiger partial charge in [0.05, 0.1) is 11.3 Å². The van der Waals surface area contributed by atoms with Gasteiger partial charge in [0.2, 0.25) is 0 Å². The zero-order chi connectivity index (χ0) is 17.5. The largest absolute Gasteiger partial charge is 0.360 e. The summed E-state index contributed by atoms with van der Waals surface area (Å²) < 4.78 is 5.30. The molecule has 2 aliphatic rings. The van der Waals surface area contributed by atoms with E-state index in [4.69, 9.17) is 4.52 Å². The zero-order valence-electron chi connectivity index (χ0n) is 14.0. The minimum Gasteiger partial charge on any atom is -0.360 e. The van der Waals surface area contributed by atoms with E-state index in [0.717, 1.165) is 0 Å². The SMILES string of the molecule is CC1(C)CC(=O)c2c(CCC(=O)C3C(=O)CCCC3=O)noc2C1.